The molecule has 0 saturated heterocycles. The molecule has 0 aliphatic heterocycles. The first-order chi connectivity index (χ1) is 12.0. The fraction of sp³-hybridized carbons (Fsp3) is 0.278. The molecule has 8 heteroatoms. The van der Waals surface area contributed by atoms with Crippen molar-refractivity contribution in [2.24, 2.45) is 0 Å². The normalized spacial score (nSPS) is 13.3. The van der Waals surface area contributed by atoms with Gasteiger partial charge >= 0.3 is 6.18 Å². The number of amides is 1. The molecule has 2 rings (SSSR count). The summed E-state index contributed by atoms with van der Waals surface area (Å²) in [6.07, 6.45) is -4.49. The highest BCUT2D eigenvalue weighted by Crippen LogP contribution is 2.29. The Labute approximate surface area is 150 Å². The van der Waals surface area contributed by atoms with E-state index in [1.54, 1.807) is 30.3 Å². The lowest BCUT2D eigenvalue weighted by molar-refractivity contribution is -0.137. The Kier molecular flexibility index (Phi) is 5.75. The van der Waals surface area contributed by atoms with Crippen molar-refractivity contribution in [2.45, 2.75) is 24.1 Å². The SMILES string of the molecule is C[C@@H](C(=O)N(C)c1ccccc1)S(=O)(=O)Cc1ccc(C(F)(F)F)cc1. The van der Waals surface area contributed by atoms with Gasteiger partial charge in [0.25, 0.3) is 0 Å². The lowest BCUT2D eigenvalue weighted by Crippen LogP contribution is -2.39. The number of benzene rings is 2. The van der Waals surface area contributed by atoms with Crippen molar-refractivity contribution in [1.29, 1.82) is 0 Å². The van der Waals surface area contributed by atoms with E-state index in [1.165, 1.54) is 18.9 Å². The second-order valence-electron chi connectivity index (χ2n) is 5.88. The van der Waals surface area contributed by atoms with Crippen LogP contribution >= 0.6 is 0 Å². The van der Waals surface area contributed by atoms with Gasteiger partial charge in [0, 0.05) is 12.7 Å². The molecule has 2 aromatic carbocycles. The first-order valence-corrected chi connectivity index (χ1v) is 9.44. The van der Waals surface area contributed by atoms with Crippen LogP contribution in [0.1, 0.15) is 18.1 Å². The topological polar surface area (TPSA) is 54.5 Å². The van der Waals surface area contributed by atoms with Crippen molar-refractivity contribution in [3.05, 3.63) is 65.7 Å². The minimum atomic E-state index is -4.49. The van der Waals surface area contributed by atoms with Crippen molar-refractivity contribution in [3.8, 4) is 0 Å². The average Bonchev–Trinajstić information content (AvgIpc) is 2.60. The van der Waals surface area contributed by atoms with E-state index in [0.29, 0.717) is 5.69 Å². The Morgan fingerprint density at radius 2 is 1.58 bits per heavy atom. The molecular formula is C18H18F3NO3S. The molecule has 0 N–H and O–H groups in total. The van der Waals surface area contributed by atoms with E-state index >= 15 is 0 Å². The van der Waals surface area contributed by atoms with Gasteiger partial charge < -0.3 is 4.90 Å². The van der Waals surface area contributed by atoms with Crippen LogP contribution in [0.3, 0.4) is 0 Å². The molecular weight excluding hydrogens is 367 g/mol. The highest BCUT2D eigenvalue weighted by atomic mass is 32.2. The van der Waals surface area contributed by atoms with Crippen LogP contribution in [0.2, 0.25) is 0 Å². The standard InChI is InChI=1S/C18H18F3NO3S/c1-13(17(23)22(2)16-6-4-3-5-7-16)26(24,25)12-14-8-10-15(11-9-14)18(19,20)21/h3-11,13H,12H2,1-2H3/t13-/m0/s1. The molecule has 1 amide bonds. The number of alkyl halides is 3. The smallest absolute Gasteiger partial charge is 0.314 e. The zero-order valence-corrected chi connectivity index (χ0v) is 15.0. The molecule has 0 saturated carbocycles. The van der Waals surface area contributed by atoms with Crippen LogP contribution < -0.4 is 4.90 Å². The Balaban J connectivity index is 2.15. The summed E-state index contributed by atoms with van der Waals surface area (Å²) in [6.45, 7) is 1.28. The van der Waals surface area contributed by atoms with Gasteiger partial charge in [0.1, 0.15) is 5.25 Å². The summed E-state index contributed by atoms with van der Waals surface area (Å²) < 4.78 is 62.7. The second-order valence-corrected chi connectivity index (χ2v) is 8.20. The highest BCUT2D eigenvalue weighted by molar-refractivity contribution is 7.92. The molecule has 0 fully saturated rings. The molecule has 0 heterocycles. The zero-order valence-electron chi connectivity index (χ0n) is 14.2. The minimum absolute atomic E-state index is 0.194. The van der Waals surface area contributed by atoms with E-state index in [0.717, 1.165) is 24.3 Å². The summed E-state index contributed by atoms with van der Waals surface area (Å²) in [5.41, 5.74) is -0.110. The van der Waals surface area contributed by atoms with Gasteiger partial charge in [-0.15, -0.1) is 0 Å². The Morgan fingerprint density at radius 3 is 2.08 bits per heavy atom. The zero-order chi connectivity index (χ0) is 19.5. The maximum Gasteiger partial charge on any atom is 0.416 e. The number of sulfone groups is 1. The van der Waals surface area contributed by atoms with Crippen LogP contribution in [0.15, 0.2) is 54.6 Å². The quantitative estimate of drug-likeness (QED) is 0.789. The minimum Gasteiger partial charge on any atom is -0.314 e. The molecule has 0 aliphatic rings. The number of halogens is 3. The van der Waals surface area contributed by atoms with Crippen LogP contribution in [0.25, 0.3) is 0 Å². The average molecular weight is 385 g/mol. The summed E-state index contributed by atoms with van der Waals surface area (Å²) in [7, 11) is -2.41. The monoisotopic (exact) mass is 385 g/mol. The summed E-state index contributed by atoms with van der Waals surface area (Å²) in [4.78, 5) is 13.7. The van der Waals surface area contributed by atoms with Crippen LogP contribution in [-0.4, -0.2) is 26.6 Å². The summed E-state index contributed by atoms with van der Waals surface area (Å²) in [5.74, 6) is -1.12. The number of hydrogen-bond donors (Lipinski definition) is 0. The van der Waals surface area contributed by atoms with Crippen molar-refractivity contribution in [1.82, 2.24) is 0 Å². The lowest BCUT2D eigenvalue weighted by atomic mass is 10.1. The van der Waals surface area contributed by atoms with Crippen LogP contribution in [0.5, 0.6) is 0 Å². The number of carbonyl (C=O) groups excluding carboxylic acids is 1. The predicted molar refractivity (Wildman–Crippen MR) is 93.4 cm³/mol. The number of hydrogen-bond acceptors (Lipinski definition) is 3. The Morgan fingerprint density at radius 1 is 1.04 bits per heavy atom. The van der Waals surface area contributed by atoms with Gasteiger partial charge in [-0.05, 0) is 36.8 Å². The fourth-order valence-corrected chi connectivity index (χ4v) is 3.72. The molecule has 26 heavy (non-hydrogen) atoms. The maximum atomic E-state index is 12.6. The Bertz CT molecular complexity index is 863. The van der Waals surface area contributed by atoms with Crippen molar-refractivity contribution >= 4 is 21.4 Å². The third-order valence-corrected chi connectivity index (χ3v) is 6.02. The van der Waals surface area contributed by atoms with Gasteiger partial charge in [-0.1, -0.05) is 30.3 Å². The lowest BCUT2D eigenvalue weighted by Gasteiger charge is -2.21. The van der Waals surface area contributed by atoms with E-state index in [4.69, 9.17) is 0 Å². The van der Waals surface area contributed by atoms with E-state index in [-0.39, 0.29) is 5.56 Å². The second kappa shape index (κ2) is 7.49. The van der Waals surface area contributed by atoms with E-state index in [1.807, 2.05) is 0 Å². The van der Waals surface area contributed by atoms with E-state index < -0.39 is 38.5 Å². The van der Waals surface area contributed by atoms with Gasteiger partial charge in [-0.3, -0.25) is 4.79 Å². The number of nitrogens with zero attached hydrogens (tertiary/aromatic N) is 1. The van der Waals surface area contributed by atoms with Gasteiger partial charge in [-0.25, -0.2) is 8.42 Å². The number of rotatable bonds is 5. The van der Waals surface area contributed by atoms with Gasteiger partial charge in [-0.2, -0.15) is 13.2 Å². The molecule has 4 nitrogen and oxygen atoms in total. The summed E-state index contributed by atoms with van der Waals surface area (Å²) in [6, 6.07) is 12.4. The number of para-hydroxylation sites is 1. The molecule has 0 aliphatic carbocycles. The maximum absolute atomic E-state index is 12.6. The molecule has 1 atom stereocenters. The molecule has 140 valence electrons. The highest BCUT2D eigenvalue weighted by Gasteiger charge is 2.32. The number of carbonyl (C=O) groups is 1. The van der Waals surface area contributed by atoms with Crippen LogP contribution in [-0.2, 0) is 26.6 Å². The van der Waals surface area contributed by atoms with Gasteiger partial charge in [0.15, 0.2) is 9.84 Å². The van der Waals surface area contributed by atoms with Crippen molar-refractivity contribution in [3.63, 3.8) is 0 Å². The van der Waals surface area contributed by atoms with E-state index in [2.05, 4.69) is 0 Å². The Hall–Kier alpha value is -2.35. The summed E-state index contributed by atoms with van der Waals surface area (Å²) in [5, 5.41) is -1.32. The van der Waals surface area contributed by atoms with Gasteiger partial charge in [0.2, 0.25) is 5.91 Å². The van der Waals surface area contributed by atoms with Gasteiger partial charge in [0.05, 0.1) is 11.3 Å². The summed E-state index contributed by atoms with van der Waals surface area (Å²) >= 11 is 0. The molecule has 0 bridgehead atoms. The van der Waals surface area contributed by atoms with Crippen LogP contribution in [0, 0.1) is 0 Å². The first-order valence-electron chi connectivity index (χ1n) is 7.72. The number of anilines is 1. The largest absolute Gasteiger partial charge is 0.416 e. The fourth-order valence-electron chi connectivity index (χ4n) is 2.35. The third-order valence-electron chi connectivity index (χ3n) is 4.01. The first kappa shape index (κ1) is 20.0. The van der Waals surface area contributed by atoms with Crippen LogP contribution in [0.4, 0.5) is 18.9 Å². The van der Waals surface area contributed by atoms with Crippen molar-refractivity contribution < 1.29 is 26.4 Å². The third kappa shape index (κ3) is 4.63. The van der Waals surface area contributed by atoms with Crippen molar-refractivity contribution in [2.75, 3.05) is 11.9 Å². The molecule has 0 radical (unpaired) electrons. The molecule has 0 unspecified atom stereocenters. The predicted octanol–water partition coefficient (Wildman–Crippen LogP) is 3.67. The molecule has 0 aromatic heterocycles. The molecule has 0 spiro atoms. The molecule has 2 aromatic rings. The van der Waals surface area contributed by atoms with E-state index in [9.17, 15) is 26.4 Å².